The average molecular weight is 246 g/mol. The Morgan fingerprint density at radius 1 is 1.22 bits per heavy atom. The Kier molecular flexibility index (Phi) is 3.03. The third kappa shape index (κ3) is 2.32. The standard InChI is InChI=1S/C14H18N2O2/c1-14(2,3)12-9-13(17)16(15-12)10-6-5-7-11(8-10)18-4/h5-9,15H,1-4H3. The van der Waals surface area contributed by atoms with Crippen molar-refractivity contribution in [1.82, 2.24) is 9.78 Å². The highest BCUT2D eigenvalue weighted by Gasteiger charge is 2.18. The fourth-order valence-corrected chi connectivity index (χ4v) is 1.72. The minimum Gasteiger partial charge on any atom is -0.497 e. The van der Waals surface area contributed by atoms with Crippen molar-refractivity contribution in [3.63, 3.8) is 0 Å². The van der Waals surface area contributed by atoms with Crippen LogP contribution in [0.1, 0.15) is 26.5 Å². The summed E-state index contributed by atoms with van der Waals surface area (Å²) in [6.45, 7) is 6.19. The van der Waals surface area contributed by atoms with E-state index in [1.165, 1.54) is 4.68 Å². The van der Waals surface area contributed by atoms with Crippen LogP contribution in [0.4, 0.5) is 0 Å². The highest BCUT2D eigenvalue weighted by Crippen LogP contribution is 2.20. The number of nitrogens with zero attached hydrogens (tertiary/aromatic N) is 1. The van der Waals surface area contributed by atoms with Crippen LogP contribution in [0.25, 0.3) is 5.69 Å². The number of hydrogen-bond acceptors (Lipinski definition) is 2. The summed E-state index contributed by atoms with van der Waals surface area (Å²) in [5.74, 6) is 0.728. The van der Waals surface area contributed by atoms with E-state index in [0.717, 1.165) is 17.1 Å². The van der Waals surface area contributed by atoms with E-state index >= 15 is 0 Å². The lowest BCUT2D eigenvalue weighted by Crippen LogP contribution is -2.14. The highest BCUT2D eigenvalue weighted by atomic mass is 16.5. The van der Waals surface area contributed by atoms with Crippen LogP contribution in [0.3, 0.4) is 0 Å². The van der Waals surface area contributed by atoms with Gasteiger partial charge in [0, 0.05) is 23.2 Å². The van der Waals surface area contributed by atoms with Crippen molar-refractivity contribution in [3.05, 3.63) is 46.4 Å². The number of hydrogen-bond donors (Lipinski definition) is 1. The second-order valence-electron chi connectivity index (χ2n) is 5.29. The average Bonchev–Trinajstić information content (AvgIpc) is 2.71. The normalized spacial score (nSPS) is 11.6. The van der Waals surface area contributed by atoms with Gasteiger partial charge in [0.15, 0.2) is 0 Å². The summed E-state index contributed by atoms with van der Waals surface area (Å²) in [4.78, 5) is 12.0. The molecule has 2 rings (SSSR count). The van der Waals surface area contributed by atoms with Gasteiger partial charge >= 0.3 is 0 Å². The number of rotatable bonds is 2. The van der Waals surface area contributed by atoms with Gasteiger partial charge in [-0.3, -0.25) is 9.89 Å². The van der Waals surface area contributed by atoms with Crippen molar-refractivity contribution in [2.24, 2.45) is 0 Å². The molecule has 0 spiro atoms. The lowest BCUT2D eigenvalue weighted by Gasteiger charge is -2.15. The topological polar surface area (TPSA) is 47.0 Å². The van der Waals surface area contributed by atoms with E-state index in [-0.39, 0.29) is 11.0 Å². The van der Waals surface area contributed by atoms with Gasteiger partial charge in [-0.15, -0.1) is 0 Å². The molecule has 1 aromatic heterocycles. The molecule has 2 aromatic rings. The first-order valence-electron chi connectivity index (χ1n) is 5.89. The summed E-state index contributed by atoms with van der Waals surface area (Å²) >= 11 is 0. The third-order valence-electron chi connectivity index (χ3n) is 2.84. The smallest absolute Gasteiger partial charge is 0.271 e. The molecular weight excluding hydrogens is 228 g/mol. The van der Waals surface area contributed by atoms with Crippen LogP contribution >= 0.6 is 0 Å². The molecule has 0 bridgehead atoms. The maximum absolute atomic E-state index is 12.0. The number of benzene rings is 1. The largest absolute Gasteiger partial charge is 0.497 e. The summed E-state index contributed by atoms with van der Waals surface area (Å²) in [6, 6.07) is 9.04. The Hall–Kier alpha value is -1.97. The Morgan fingerprint density at radius 3 is 2.50 bits per heavy atom. The van der Waals surface area contributed by atoms with Crippen LogP contribution in [-0.4, -0.2) is 16.9 Å². The first-order valence-corrected chi connectivity index (χ1v) is 5.89. The fraction of sp³-hybridized carbons (Fsp3) is 0.357. The number of nitrogens with one attached hydrogen (secondary N) is 1. The van der Waals surface area contributed by atoms with E-state index < -0.39 is 0 Å². The van der Waals surface area contributed by atoms with Crippen molar-refractivity contribution >= 4 is 0 Å². The molecule has 0 unspecified atom stereocenters. The molecule has 96 valence electrons. The van der Waals surface area contributed by atoms with Crippen LogP contribution in [-0.2, 0) is 5.41 Å². The highest BCUT2D eigenvalue weighted by molar-refractivity contribution is 5.38. The van der Waals surface area contributed by atoms with Crippen molar-refractivity contribution in [2.75, 3.05) is 7.11 Å². The second kappa shape index (κ2) is 4.37. The van der Waals surface area contributed by atoms with Crippen LogP contribution in [0.5, 0.6) is 5.75 Å². The minimum atomic E-state index is -0.0801. The van der Waals surface area contributed by atoms with E-state index in [2.05, 4.69) is 25.9 Å². The number of aromatic nitrogens is 2. The SMILES string of the molecule is COc1cccc(-n2[nH]c(C(C)(C)C)cc2=O)c1. The number of H-pyrrole nitrogens is 1. The molecule has 0 saturated heterocycles. The van der Waals surface area contributed by atoms with Gasteiger partial charge in [-0.05, 0) is 12.1 Å². The molecule has 0 amide bonds. The van der Waals surface area contributed by atoms with E-state index in [1.54, 1.807) is 13.2 Å². The zero-order valence-corrected chi connectivity index (χ0v) is 11.2. The fourth-order valence-electron chi connectivity index (χ4n) is 1.72. The second-order valence-corrected chi connectivity index (χ2v) is 5.29. The molecule has 0 aliphatic carbocycles. The predicted octanol–water partition coefficient (Wildman–Crippen LogP) is 2.47. The number of aromatic amines is 1. The molecule has 0 atom stereocenters. The predicted molar refractivity (Wildman–Crippen MR) is 71.6 cm³/mol. The van der Waals surface area contributed by atoms with Crippen molar-refractivity contribution < 1.29 is 4.74 Å². The first-order chi connectivity index (χ1) is 8.41. The van der Waals surface area contributed by atoms with Gasteiger partial charge in [0.25, 0.3) is 5.56 Å². The molecule has 18 heavy (non-hydrogen) atoms. The van der Waals surface area contributed by atoms with Gasteiger partial charge in [-0.25, -0.2) is 4.68 Å². The Balaban J connectivity index is 2.51. The van der Waals surface area contributed by atoms with Crippen molar-refractivity contribution in [1.29, 1.82) is 0 Å². The molecule has 1 aromatic carbocycles. The Bertz CT molecular complexity index is 603. The Labute approximate surface area is 106 Å². The monoisotopic (exact) mass is 246 g/mol. The van der Waals surface area contributed by atoms with E-state index in [0.29, 0.717) is 0 Å². The molecule has 0 saturated carbocycles. The van der Waals surface area contributed by atoms with Gasteiger partial charge < -0.3 is 4.74 Å². The van der Waals surface area contributed by atoms with Crippen molar-refractivity contribution in [3.8, 4) is 11.4 Å². The van der Waals surface area contributed by atoms with Gasteiger partial charge in [-0.1, -0.05) is 26.8 Å². The molecule has 4 heteroatoms. The van der Waals surface area contributed by atoms with Crippen molar-refractivity contribution in [2.45, 2.75) is 26.2 Å². The van der Waals surface area contributed by atoms with Gasteiger partial charge in [-0.2, -0.15) is 0 Å². The molecule has 0 aliphatic rings. The first kappa shape index (κ1) is 12.5. The zero-order chi connectivity index (χ0) is 13.3. The maximum atomic E-state index is 12.0. The van der Waals surface area contributed by atoms with Crippen LogP contribution in [0.15, 0.2) is 35.1 Å². The van der Waals surface area contributed by atoms with Gasteiger partial charge in [0.2, 0.25) is 0 Å². The quantitative estimate of drug-likeness (QED) is 0.884. The summed E-state index contributed by atoms with van der Waals surface area (Å²) in [7, 11) is 1.61. The summed E-state index contributed by atoms with van der Waals surface area (Å²) in [6.07, 6.45) is 0. The molecule has 0 aliphatic heterocycles. The van der Waals surface area contributed by atoms with Gasteiger partial charge in [0.05, 0.1) is 12.8 Å². The van der Waals surface area contributed by atoms with E-state index in [9.17, 15) is 4.79 Å². The van der Waals surface area contributed by atoms with E-state index in [4.69, 9.17) is 4.74 Å². The van der Waals surface area contributed by atoms with E-state index in [1.807, 2.05) is 24.3 Å². The molecule has 0 fully saturated rings. The lowest BCUT2D eigenvalue weighted by molar-refractivity contribution is 0.414. The minimum absolute atomic E-state index is 0.0619. The molecule has 1 heterocycles. The summed E-state index contributed by atoms with van der Waals surface area (Å²) < 4.78 is 6.69. The lowest BCUT2D eigenvalue weighted by atomic mass is 9.93. The number of ether oxygens (including phenoxy) is 1. The number of methoxy groups -OCH3 is 1. The third-order valence-corrected chi connectivity index (χ3v) is 2.84. The van der Waals surface area contributed by atoms with Gasteiger partial charge in [0.1, 0.15) is 5.75 Å². The van der Waals surface area contributed by atoms with Crippen LogP contribution < -0.4 is 10.3 Å². The maximum Gasteiger partial charge on any atom is 0.271 e. The summed E-state index contributed by atoms with van der Waals surface area (Å²) in [5.41, 5.74) is 1.54. The molecule has 4 nitrogen and oxygen atoms in total. The molecular formula is C14H18N2O2. The zero-order valence-electron chi connectivity index (χ0n) is 11.2. The van der Waals surface area contributed by atoms with Crippen LogP contribution in [0.2, 0.25) is 0 Å². The Morgan fingerprint density at radius 2 is 1.94 bits per heavy atom. The molecule has 1 N–H and O–H groups in total. The molecule has 0 radical (unpaired) electrons. The van der Waals surface area contributed by atoms with Crippen LogP contribution in [0, 0.1) is 0 Å². The summed E-state index contributed by atoms with van der Waals surface area (Å²) in [5, 5.41) is 3.14.